The molecule has 0 aromatic heterocycles. The number of aliphatic hydroxyl groups is 7. The molecule has 1 heterocycles. The normalized spacial score (nSPS) is 21.5. The van der Waals surface area contributed by atoms with Crippen LogP contribution in [-0.4, -0.2) is 110 Å². The summed E-state index contributed by atoms with van der Waals surface area (Å²) in [5.41, 5.74) is 0. The predicted molar refractivity (Wildman–Crippen MR) is 252 cm³/mol. The summed E-state index contributed by atoms with van der Waals surface area (Å²) in [5.74, 6) is -0.710. The largest absolute Gasteiger partial charge is 0.394 e. The van der Waals surface area contributed by atoms with E-state index in [4.69, 9.17) is 9.47 Å². The molecule has 11 nitrogen and oxygen atoms in total. The molecule has 1 saturated heterocycles. The van der Waals surface area contributed by atoms with Crippen molar-refractivity contribution in [3.63, 3.8) is 0 Å². The van der Waals surface area contributed by atoms with Gasteiger partial charge in [0, 0.05) is 0 Å². The van der Waals surface area contributed by atoms with E-state index in [0.29, 0.717) is 12.8 Å². The van der Waals surface area contributed by atoms with Crippen LogP contribution in [0.1, 0.15) is 226 Å². The molecule has 9 unspecified atom stereocenters. The Morgan fingerprint density at radius 2 is 0.952 bits per heavy atom. The van der Waals surface area contributed by atoms with Crippen molar-refractivity contribution in [3.05, 3.63) is 24.3 Å². The minimum absolute atomic E-state index is 0.248. The number of aliphatic hydroxyl groups excluding tert-OH is 7. The van der Waals surface area contributed by atoms with E-state index in [-0.39, 0.29) is 12.8 Å². The van der Waals surface area contributed by atoms with E-state index in [9.17, 15) is 40.5 Å². The molecule has 1 aliphatic rings. The number of ether oxygens (including phenoxy) is 2. The first-order valence-corrected chi connectivity index (χ1v) is 25.7. The van der Waals surface area contributed by atoms with E-state index in [1.165, 1.54) is 128 Å². The van der Waals surface area contributed by atoms with Crippen LogP contribution in [0, 0.1) is 0 Å². The topological polar surface area (TPSA) is 189 Å². The molecule has 0 saturated carbocycles. The highest BCUT2D eigenvalue weighted by Crippen LogP contribution is 2.23. The second kappa shape index (κ2) is 41.1. The van der Waals surface area contributed by atoms with Crippen molar-refractivity contribution in [2.45, 2.75) is 281 Å². The molecule has 1 aliphatic heterocycles. The SMILES string of the molecule is CCCCCCCCCC/C=C/CCCC(O)C(O)C(COC1OC(CO)C(O)C(O)C1O)NC(=O)C(O)CCCCCCCC/C=C\CCCCCCCCCCCCCC. The Kier molecular flexibility index (Phi) is 38.8. The minimum Gasteiger partial charge on any atom is -0.394 e. The van der Waals surface area contributed by atoms with Crippen molar-refractivity contribution in [1.29, 1.82) is 0 Å². The third-order valence-corrected chi connectivity index (χ3v) is 12.5. The van der Waals surface area contributed by atoms with Gasteiger partial charge in [0.15, 0.2) is 6.29 Å². The smallest absolute Gasteiger partial charge is 0.249 e. The van der Waals surface area contributed by atoms with Crippen LogP contribution < -0.4 is 5.32 Å². The lowest BCUT2D eigenvalue weighted by molar-refractivity contribution is -0.303. The maximum atomic E-state index is 13.1. The van der Waals surface area contributed by atoms with Crippen LogP contribution in [0.3, 0.4) is 0 Å². The number of allylic oxidation sites excluding steroid dienone is 4. The third-order valence-electron chi connectivity index (χ3n) is 12.5. The molecular formula is C51H97NO10. The highest BCUT2D eigenvalue weighted by atomic mass is 16.7. The zero-order valence-corrected chi connectivity index (χ0v) is 39.6. The molecule has 8 N–H and O–H groups in total. The molecule has 1 amide bonds. The average molecular weight is 884 g/mol. The van der Waals surface area contributed by atoms with E-state index in [1.54, 1.807) is 0 Å². The number of unbranched alkanes of at least 4 members (excludes halogenated alkanes) is 27. The first-order valence-electron chi connectivity index (χ1n) is 25.7. The lowest BCUT2D eigenvalue weighted by Gasteiger charge is -2.40. The van der Waals surface area contributed by atoms with E-state index < -0.39 is 74.2 Å². The Labute approximate surface area is 378 Å². The molecule has 366 valence electrons. The Morgan fingerprint density at radius 3 is 1.39 bits per heavy atom. The van der Waals surface area contributed by atoms with Crippen LogP contribution in [0.25, 0.3) is 0 Å². The number of amides is 1. The first kappa shape index (κ1) is 58.6. The van der Waals surface area contributed by atoms with Gasteiger partial charge in [0.05, 0.1) is 25.4 Å². The summed E-state index contributed by atoms with van der Waals surface area (Å²) in [6.45, 7) is 3.43. The molecule has 0 bridgehead atoms. The number of hydrogen-bond acceptors (Lipinski definition) is 10. The molecule has 0 spiro atoms. The summed E-state index contributed by atoms with van der Waals surface area (Å²) in [7, 11) is 0. The van der Waals surface area contributed by atoms with Crippen molar-refractivity contribution < 1.29 is 50.0 Å². The van der Waals surface area contributed by atoms with Crippen LogP contribution in [0.2, 0.25) is 0 Å². The first-order chi connectivity index (χ1) is 30.2. The minimum atomic E-state index is -1.67. The van der Waals surface area contributed by atoms with Gasteiger partial charge >= 0.3 is 0 Å². The van der Waals surface area contributed by atoms with Gasteiger partial charge in [-0.05, 0) is 64.2 Å². The zero-order valence-electron chi connectivity index (χ0n) is 39.6. The Bertz CT molecular complexity index is 1060. The number of nitrogens with one attached hydrogen (secondary N) is 1. The summed E-state index contributed by atoms with van der Waals surface area (Å²) in [5, 5.41) is 75.7. The van der Waals surface area contributed by atoms with Gasteiger partial charge < -0.3 is 50.5 Å². The van der Waals surface area contributed by atoms with Crippen LogP contribution in [0.5, 0.6) is 0 Å². The van der Waals surface area contributed by atoms with Crippen molar-refractivity contribution in [2.75, 3.05) is 13.2 Å². The highest BCUT2D eigenvalue weighted by Gasteiger charge is 2.44. The van der Waals surface area contributed by atoms with E-state index >= 15 is 0 Å². The maximum Gasteiger partial charge on any atom is 0.249 e. The fraction of sp³-hybridized carbons (Fsp3) is 0.902. The number of carbonyl (C=O) groups excluding carboxylic acids is 1. The molecule has 0 aromatic carbocycles. The quantitative estimate of drug-likeness (QED) is 0.0216. The molecule has 1 rings (SSSR count). The van der Waals surface area contributed by atoms with E-state index in [0.717, 1.165) is 57.8 Å². The summed E-state index contributed by atoms with van der Waals surface area (Å²) < 4.78 is 11.1. The van der Waals surface area contributed by atoms with Crippen LogP contribution in [-0.2, 0) is 14.3 Å². The van der Waals surface area contributed by atoms with Gasteiger partial charge in [-0.15, -0.1) is 0 Å². The maximum absolute atomic E-state index is 13.1. The summed E-state index contributed by atoms with van der Waals surface area (Å²) in [6, 6.07) is -1.18. The second-order valence-electron chi connectivity index (χ2n) is 18.2. The van der Waals surface area contributed by atoms with Crippen LogP contribution in [0.4, 0.5) is 0 Å². The van der Waals surface area contributed by atoms with Gasteiger partial charge in [-0.3, -0.25) is 4.79 Å². The number of carbonyl (C=O) groups is 1. The molecule has 9 atom stereocenters. The molecule has 0 radical (unpaired) electrons. The van der Waals surface area contributed by atoms with Gasteiger partial charge in [0.1, 0.15) is 36.6 Å². The van der Waals surface area contributed by atoms with Crippen molar-refractivity contribution in [2.24, 2.45) is 0 Å². The van der Waals surface area contributed by atoms with Gasteiger partial charge in [-0.1, -0.05) is 186 Å². The number of hydrogen-bond donors (Lipinski definition) is 8. The van der Waals surface area contributed by atoms with Crippen molar-refractivity contribution in [1.82, 2.24) is 5.32 Å². The van der Waals surface area contributed by atoms with Crippen molar-refractivity contribution >= 4 is 5.91 Å². The Balaban J connectivity index is 2.38. The third kappa shape index (κ3) is 29.9. The fourth-order valence-corrected chi connectivity index (χ4v) is 8.20. The monoisotopic (exact) mass is 884 g/mol. The summed E-state index contributed by atoms with van der Waals surface area (Å²) in [6.07, 6.45) is 35.2. The van der Waals surface area contributed by atoms with Crippen LogP contribution in [0.15, 0.2) is 24.3 Å². The lowest BCUT2D eigenvalue weighted by Crippen LogP contribution is -2.60. The molecule has 0 aliphatic carbocycles. The van der Waals surface area contributed by atoms with Gasteiger partial charge in [-0.2, -0.15) is 0 Å². The van der Waals surface area contributed by atoms with Gasteiger partial charge in [0.25, 0.3) is 0 Å². The van der Waals surface area contributed by atoms with E-state index in [1.807, 2.05) is 0 Å². The van der Waals surface area contributed by atoms with Crippen molar-refractivity contribution in [3.8, 4) is 0 Å². The molecule has 62 heavy (non-hydrogen) atoms. The lowest BCUT2D eigenvalue weighted by atomic mass is 9.98. The molecular weight excluding hydrogens is 787 g/mol. The molecule has 0 aromatic rings. The zero-order chi connectivity index (χ0) is 45.5. The second-order valence-corrected chi connectivity index (χ2v) is 18.2. The van der Waals surface area contributed by atoms with Gasteiger partial charge in [-0.25, -0.2) is 0 Å². The number of rotatable bonds is 43. The average Bonchev–Trinajstić information content (AvgIpc) is 3.27. The van der Waals surface area contributed by atoms with Crippen LogP contribution >= 0.6 is 0 Å². The van der Waals surface area contributed by atoms with Gasteiger partial charge in [0.2, 0.25) is 5.91 Å². The van der Waals surface area contributed by atoms with E-state index in [2.05, 4.69) is 43.5 Å². The standard InChI is InChI=1S/C51H97NO10/c1-3-5-7-9-11-13-15-17-18-19-20-21-22-23-24-25-27-29-31-33-35-37-39-44(55)50(60)52-42(41-61-51-49(59)48(58)47(57)45(40-53)62-51)46(56)43(54)38-36-34-32-30-28-26-16-14-12-10-8-6-4-2/h23-24,30,32,42-49,51,53-59H,3-22,25-29,31,33-41H2,1-2H3,(H,52,60)/b24-23-,32-30+. The fourth-order valence-electron chi connectivity index (χ4n) is 8.20. The summed E-state index contributed by atoms with van der Waals surface area (Å²) in [4.78, 5) is 13.1. The Morgan fingerprint density at radius 1 is 0.548 bits per heavy atom. The molecule has 1 fully saturated rings. The summed E-state index contributed by atoms with van der Waals surface area (Å²) >= 11 is 0. The Hall–Kier alpha value is -1.41. The highest BCUT2D eigenvalue weighted by molar-refractivity contribution is 5.80. The molecule has 11 heteroatoms. The predicted octanol–water partition coefficient (Wildman–Crippen LogP) is 9.40.